The Morgan fingerprint density at radius 2 is 0.815 bits per heavy atom. The summed E-state index contributed by atoms with van der Waals surface area (Å²) in [4.78, 5) is 19.4. The molecule has 2 amide bonds. The fourth-order valence-electron chi connectivity index (χ4n) is 9.97. The Kier molecular flexibility index (Phi) is 5.36. The maximum Gasteiger partial charge on any atom is 0.338 e. The van der Waals surface area contributed by atoms with Crippen molar-refractivity contribution in [2.45, 2.75) is 0 Å². The van der Waals surface area contributed by atoms with E-state index in [1.807, 2.05) is 46.2 Å². The highest BCUT2D eigenvalue weighted by Crippen LogP contribution is 2.47. The van der Waals surface area contributed by atoms with Gasteiger partial charge in [-0.25, -0.2) is 4.79 Å². The molecule has 0 saturated carbocycles. The van der Waals surface area contributed by atoms with Crippen LogP contribution < -0.4 is 42.6 Å². The number of rotatable bonds is 2. The number of furan rings is 2. The Balaban J connectivity index is 1.14. The van der Waals surface area contributed by atoms with Crippen LogP contribution in [-0.4, -0.2) is 19.5 Å². The number of amides is 2. The molecule has 0 N–H and O–H groups in total. The summed E-state index contributed by atoms with van der Waals surface area (Å²) in [6, 6.07) is 55.0. The van der Waals surface area contributed by atoms with Gasteiger partial charge in [0.05, 0.1) is 11.4 Å². The Hall–Kier alpha value is -6.98. The Morgan fingerprint density at radius 3 is 1.33 bits per heavy atom. The predicted octanol–water partition coefficient (Wildman–Crippen LogP) is 7.71. The number of benzene rings is 8. The molecule has 8 aromatic carbocycles. The minimum absolute atomic E-state index is 0.0793. The van der Waals surface area contributed by atoms with Gasteiger partial charge >= 0.3 is 6.03 Å². The van der Waals surface area contributed by atoms with Gasteiger partial charge in [0.25, 0.3) is 13.4 Å². The molecule has 3 aliphatic heterocycles. The summed E-state index contributed by atoms with van der Waals surface area (Å²) in [5.74, 6) is 0. The van der Waals surface area contributed by atoms with E-state index in [4.69, 9.17) is 8.83 Å². The molecule has 5 nitrogen and oxygen atoms in total. The number of fused-ring (bicyclic) bond motifs is 10. The second-order valence-corrected chi connectivity index (χ2v) is 14.7. The second kappa shape index (κ2) is 10.1. The van der Waals surface area contributed by atoms with Gasteiger partial charge in [-0.2, -0.15) is 0 Å². The molecule has 0 aliphatic carbocycles. The topological polar surface area (TPSA) is 49.8 Å². The van der Waals surface area contributed by atoms with Crippen LogP contribution in [0.25, 0.3) is 54.6 Å². The van der Waals surface area contributed by atoms with Crippen LogP contribution in [0.1, 0.15) is 0 Å². The van der Waals surface area contributed by atoms with Crippen LogP contribution in [0.3, 0.4) is 0 Å². The molecule has 3 aliphatic rings. The second-order valence-electron chi connectivity index (χ2n) is 14.7. The lowest BCUT2D eigenvalue weighted by Crippen LogP contribution is -2.64. The van der Waals surface area contributed by atoms with E-state index in [0.29, 0.717) is 0 Å². The van der Waals surface area contributed by atoms with E-state index >= 15 is 4.79 Å². The zero-order valence-electron chi connectivity index (χ0n) is 28.8. The summed E-state index contributed by atoms with van der Waals surface area (Å²) in [5.41, 5.74) is 13.7. The van der Waals surface area contributed by atoms with Gasteiger partial charge in [-0.15, -0.1) is 0 Å². The van der Waals surface area contributed by atoms with Crippen LogP contribution in [0.15, 0.2) is 167 Å². The number of carbonyl (C=O) groups excluding carboxylic acids is 1. The van der Waals surface area contributed by atoms with Crippen LogP contribution in [0.2, 0.25) is 0 Å². The molecule has 0 bridgehead atoms. The summed E-state index contributed by atoms with van der Waals surface area (Å²) in [6.45, 7) is -0.320. The van der Waals surface area contributed by atoms with Crippen molar-refractivity contribution in [2.24, 2.45) is 0 Å². The van der Waals surface area contributed by atoms with Crippen molar-refractivity contribution < 1.29 is 13.6 Å². The third-order valence-corrected chi connectivity index (χ3v) is 12.1. The quantitative estimate of drug-likeness (QED) is 0.175. The first-order chi connectivity index (χ1) is 26.7. The van der Waals surface area contributed by atoms with Gasteiger partial charge < -0.3 is 8.83 Å². The molecule has 0 saturated heterocycles. The highest BCUT2D eigenvalue weighted by molar-refractivity contribution is 7.01. The fraction of sp³-hybridized carbons (Fsp3) is 0. The van der Waals surface area contributed by atoms with Gasteiger partial charge in [-0.05, 0) is 62.4 Å². The molecule has 13 rings (SSSR count). The van der Waals surface area contributed by atoms with Crippen LogP contribution >= 0.6 is 0 Å². The first kappa shape index (κ1) is 28.6. The minimum Gasteiger partial charge on any atom is -0.457 e. The molecule has 0 fully saturated rings. The van der Waals surface area contributed by atoms with Gasteiger partial charge in [0.15, 0.2) is 0 Å². The normalized spacial score (nSPS) is 14.2. The predicted molar refractivity (Wildman–Crippen MR) is 223 cm³/mol. The Bertz CT molecular complexity index is 3090. The molecular formula is C47H26B2N2O3. The van der Waals surface area contributed by atoms with Gasteiger partial charge in [0.1, 0.15) is 22.3 Å². The van der Waals surface area contributed by atoms with E-state index in [-0.39, 0.29) is 19.5 Å². The molecular weight excluding hydrogens is 662 g/mol. The monoisotopic (exact) mass is 688 g/mol. The molecule has 248 valence electrons. The van der Waals surface area contributed by atoms with Gasteiger partial charge in [0.2, 0.25) is 0 Å². The SMILES string of the molecule is O=C1N2c3ccccc3B(c3cccc4c3oc3ccccc34)c3ccc4ccc5c(c4c32)N1c1ccccc1B5c1cccc2c1oc1ccccc12. The van der Waals surface area contributed by atoms with Crippen LogP contribution in [-0.2, 0) is 0 Å². The zero-order chi connectivity index (χ0) is 35.2. The number of hydrogen-bond donors (Lipinski definition) is 0. The maximum atomic E-state index is 15.4. The molecule has 0 atom stereocenters. The van der Waals surface area contributed by atoms with Crippen molar-refractivity contribution in [3.05, 3.63) is 158 Å². The highest BCUT2D eigenvalue weighted by Gasteiger charge is 2.48. The lowest BCUT2D eigenvalue weighted by molar-refractivity contribution is 0.255. The summed E-state index contributed by atoms with van der Waals surface area (Å²) >= 11 is 0. The number of para-hydroxylation sites is 6. The van der Waals surface area contributed by atoms with Crippen molar-refractivity contribution in [3.8, 4) is 0 Å². The molecule has 7 heteroatoms. The first-order valence-electron chi connectivity index (χ1n) is 18.5. The van der Waals surface area contributed by atoms with Crippen LogP contribution in [0.4, 0.5) is 27.5 Å². The smallest absolute Gasteiger partial charge is 0.338 e. The molecule has 2 aromatic heterocycles. The number of nitrogens with zero attached hydrogens (tertiary/aromatic N) is 2. The largest absolute Gasteiger partial charge is 0.457 e. The van der Waals surface area contributed by atoms with E-state index in [1.54, 1.807) is 0 Å². The first-order valence-corrected chi connectivity index (χ1v) is 18.5. The van der Waals surface area contributed by atoms with Gasteiger partial charge in [0, 0.05) is 38.3 Å². The average molecular weight is 688 g/mol. The number of urea groups is 1. The van der Waals surface area contributed by atoms with E-state index < -0.39 is 0 Å². The van der Waals surface area contributed by atoms with Crippen molar-refractivity contribution in [3.63, 3.8) is 0 Å². The Labute approximate surface area is 309 Å². The number of carbonyl (C=O) groups is 1. The lowest BCUT2D eigenvalue weighted by atomic mass is 9.34. The van der Waals surface area contributed by atoms with Gasteiger partial charge in [-0.1, -0.05) is 133 Å². The van der Waals surface area contributed by atoms with E-state index in [9.17, 15) is 0 Å². The van der Waals surface area contributed by atoms with E-state index in [0.717, 1.165) is 110 Å². The third kappa shape index (κ3) is 3.45. The summed E-state index contributed by atoms with van der Waals surface area (Å²) in [7, 11) is 0. The molecule has 54 heavy (non-hydrogen) atoms. The number of anilines is 4. The molecule has 0 unspecified atom stereocenters. The van der Waals surface area contributed by atoms with E-state index in [2.05, 4.69) is 121 Å². The number of hydrogen-bond acceptors (Lipinski definition) is 3. The lowest BCUT2D eigenvalue weighted by Gasteiger charge is -2.46. The van der Waals surface area contributed by atoms with Crippen molar-refractivity contribution in [2.75, 3.05) is 9.80 Å². The summed E-state index contributed by atoms with van der Waals surface area (Å²) in [5, 5.41) is 6.56. The van der Waals surface area contributed by atoms with Crippen molar-refractivity contribution in [1.29, 1.82) is 0 Å². The fourth-order valence-corrected chi connectivity index (χ4v) is 9.97. The standard InChI is InChI=1S/C47H26B2N2O3/c52-47-50-38-19-5-3-15-32(38)48(36-17-9-13-30-28-11-1-7-21-40(28)53-45(30)36)34-25-23-27-24-26-35-44(42(27)43(34)50)51(47)39-20-6-4-16-33(39)49(35)37-18-10-14-31-29-12-2-8-22-41(29)54-46(31)37/h1-26H. The van der Waals surface area contributed by atoms with E-state index in [1.165, 1.54) is 0 Å². The van der Waals surface area contributed by atoms with Crippen LogP contribution in [0, 0.1) is 0 Å². The molecule has 0 spiro atoms. The average Bonchev–Trinajstić information content (AvgIpc) is 3.80. The maximum absolute atomic E-state index is 15.4. The van der Waals surface area contributed by atoms with Crippen LogP contribution in [0.5, 0.6) is 0 Å². The highest BCUT2D eigenvalue weighted by atomic mass is 16.3. The molecule has 0 radical (unpaired) electrons. The van der Waals surface area contributed by atoms with Crippen molar-refractivity contribution in [1.82, 2.24) is 0 Å². The summed E-state index contributed by atoms with van der Waals surface area (Å²) in [6.07, 6.45) is 0. The molecule has 5 heterocycles. The minimum atomic E-state index is -0.160. The third-order valence-electron chi connectivity index (χ3n) is 12.1. The van der Waals surface area contributed by atoms with Crippen molar-refractivity contribution >= 4 is 130 Å². The Morgan fingerprint density at radius 1 is 0.389 bits per heavy atom. The van der Waals surface area contributed by atoms with Gasteiger partial charge in [-0.3, -0.25) is 9.80 Å². The molecule has 10 aromatic rings. The zero-order valence-corrected chi connectivity index (χ0v) is 28.8. The summed E-state index contributed by atoms with van der Waals surface area (Å²) < 4.78 is 13.3.